The van der Waals surface area contributed by atoms with Gasteiger partial charge in [0.1, 0.15) is 4.32 Å². The third-order valence-corrected chi connectivity index (χ3v) is 3.79. The SMILES string of the molecule is CCCCCC/C(C)=C1\SC(=S)NC1=O. The van der Waals surface area contributed by atoms with E-state index in [0.717, 1.165) is 11.3 Å². The molecule has 2 nitrogen and oxygen atoms in total. The maximum atomic E-state index is 11.4. The predicted molar refractivity (Wildman–Crippen MR) is 69.8 cm³/mol. The van der Waals surface area contributed by atoms with Crippen molar-refractivity contribution in [2.24, 2.45) is 0 Å². The Hall–Kier alpha value is -0.350. The second-order valence-electron chi connectivity index (χ2n) is 3.76. The Balaban J connectivity index is 2.43. The van der Waals surface area contributed by atoms with Crippen LogP contribution >= 0.6 is 24.0 Å². The Labute approximate surface area is 101 Å². The van der Waals surface area contributed by atoms with Crippen molar-refractivity contribution in [3.63, 3.8) is 0 Å². The first kappa shape index (κ1) is 12.7. The molecular weight excluding hydrogens is 226 g/mol. The number of thioether (sulfide) groups is 1. The van der Waals surface area contributed by atoms with Gasteiger partial charge in [0.2, 0.25) is 0 Å². The molecule has 1 fully saturated rings. The minimum atomic E-state index is -0.0157. The summed E-state index contributed by atoms with van der Waals surface area (Å²) >= 11 is 6.34. The molecule has 0 radical (unpaired) electrons. The van der Waals surface area contributed by atoms with Gasteiger partial charge in [-0.3, -0.25) is 4.79 Å². The number of hydrogen-bond acceptors (Lipinski definition) is 3. The fourth-order valence-corrected chi connectivity index (χ4v) is 2.62. The minimum Gasteiger partial charge on any atom is -0.307 e. The molecule has 1 N–H and O–H groups in total. The average molecular weight is 243 g/mol. The van der Waals surface area contributed by atoms with Crippen molar-refractivity contribution in [3.05, 3.63) is 10.5 Å². The van der Waals surface area contributed by atoms with E-state index < -0.39 is 0 Å². The summed E-state index contributed by atoms with van der Waals surface area (Å²) in [4.78, 5) is 12.3. The molecule has 1 aliphatic rings. The lowest BCUT2D eigenvalue weighted by Crippen LogP contribution is -2.18. The van der Waals surface area contributed by atoms with Gasteiger partial charge in [-0.25, -0.2) is 0 Å². The maximum absolute atomic E-state index is 11.4. The molecule has 0 saturated carbocycles. The molecule has 0 atom stereocenters. The van der Waals surface area contributed by atoms with Crippen molar-refractivity contribution in [1.29, 1.82) is 0 Å². The standard InChI is InChI=1S/C11H17NOS2/c1-3-4-5-6-7-8(2)9-10(13)12-11(14)15-9/h3-7H2,1-2H3,(H,12,13,14)/b9-8-. The zero-order valence-electron chi connectivity index (χ0n) is 9.26. The highest BCUT2D eigenvalue weighted by Gasteiger charge is 2.23. The van der Waals surface area contributed by atoms with Crippen LogP contribution in [0.25, 0.3) is 0 Å². The number of rotatable bonds is 5. The first-order valence-electron chi connectivity index (χ1n) is 5.38. The summed E-state index contributed by atoms with van der Waals surface area (Å²) < 4.78 is 0.586. The Morgan fingerprint density at radius 2 is 2.13 bits per heavy atom. The molecule has 0 aliphatic carbocycles. The Morgan fingerprint density at radius 3 is 2.67 bits per heavy atom. The molecule has 0 aromatic heterocycles. The van der Waals surface area contributed by atoms with E-state index in [1.807, 2.05) is 6.92 Å². The topological polar surface area (TPSA) is 29.1 Å². The third-order valence-electron chi connectivity index (χ3n) is 2.41. The molecule has 4 heteroatoms. The van der Waals surface area contributed by atoms with Crippen molar-refractivity contribution >= 4 is 34.2 Å². The molecular formula is C11H17NOS2. The fraction of sp³-hybridized carbons (Fsp3) is 0.636. The van der Waals surface area contributed by atoms with Crippen LogP contribution in [-0.4, -0.2) is 10.2 Å². The van der Waals surface area contributed by atoms with E-state index in [4.69, 9.17) is 12.2 Å². The lowest BCUT2D eigenvalue weighted by Gasteiger charge is -2.02. The van der Waals surface area contributed by atoms with E-state index in [1.54, 1.807) is 0 Å². The molecule has 0 spiro atoms. The van der Waals surface area contributed by atoms with Crippen LogP contribution in [0, 0.1) is 0 Å². The Bertz CT molecular complexity index is 297. The van der Waals surface area contributed by atoms with Crippen molar-refractivity contribution in [3.8, 4) is 0 Å². The fourth-order valence-electron chi connectivity index (χ4n) is 1.53. The van der Waals surface area contributed by atoms with Crippen molar-refractivity contribution in [1.82, 2.24) is 5.32 Å². The molecule has 0 bridgehead atoms. The number of hydrogen-bond donors (Lipinski definition) is 1. The first-order chi connectivity index (χ1) is 7.15. The zero-order valence-corrected chi connectivity index (χ0v) is 10.9. The Morgan fingerprint density at radius 1 is 1.40 bits per heavy atom. The van der Waals surface area contributed by atoms with Crippen LogP contribution in [-0.2, 0) is 4.79 Å². The van der Waals surface area contributed by atoms with E-state index in [9.17, 15) is 4.79 Å². The second kappa shape index (κ2) is 6.28. The van der Waals surface area contributed by atoms with Gasteiger partial charge in [-0.15, -0.1) is 0 Å². The van der Waals surface area contributed by atoms with Crippen LogP contribution in [0.2, 0.25) is 0 Å². The summed E-state index contributed by atoms with van der Waals surface area (Å²) in [5.41, 5.74) is 1.17. The number of carbonyl (C=O) groups excluding carboxylic acids is 1. The summed E-state index contributed by atoms with van der Waals surface area (Å²) in [6, 6.07) is 0. The van der Waals surface area contributed by atoms with Crippen LogP contribution in [0.4, 0.5) is 0 Å². The monoisotopic (exact) mass is 243 g/mol. The molecule has 1 rings (SSSR count). The normalized spacial score (nSPS) is 19.3. The summed E-state index contributed by atoms with van der Waals surface area (Å²) in [5.74, 6) is -0.0157. The Kier molecular flexibility index (Phi) is 5.32. The van der Waals surface area contributed by atoms with E-state index >= 15 is 0 Å². The molecule has 1 saturated heterocycles. The molecule has 0 aromatic carbocycles. The number of amides is 1. The summed E-state index contributed by atoms with van der Waals surface area (Å²) in [6.07, 6.45) is 5.95. The van der Waals surface area contributed by atoms with Gasteiger partial charge in [0.05, 0.1) is 4.91 Å². The molecule has 1 amide bonds. The van der Waals surface area contributed by atoms with Crippen molar-refractivity contribution in [2.75, 3.05) is 0 Å². The smallest absolute Gasteiger partial charge is 0.263 e. The minimum absolute atomic E-state index is 0.0157. The lowest BCUT2D eigenvalue weighted by molar-refractivity contribution is -0.115. The summed E-state index contributed by atoms with van der Waals surface area (Å²) in [7, 11) is 0. The molecule has 0 unspecified atom stereocenters. The lowest BCUT2D eigenvalue weighted by atomic mass is 10.1. The largest absolute Gasteiger partial charge is 0.307 e. The van der Waals surface area contributed by atoms with Gasteiger partial charge < -0.3 is 5.32 Å². The van der Waals surface area contributed by atoms with Gasteiger partial charge in [-0.05, 0) is 19.8 Å². The molecule has 0 aromatic rings. The summed E-state index contributed by atoms with van der Waals surface area (Å²) in [6.45, 7) is 4.23. The summed E-state index contributed by atoms with van der Waals surface area (Å²) in [5, 5.41) is 2.65. The predicted octanol–water partition coefficient (Wildman–Crippen LogP) is 3.38. The van der Waals surface area contributed by atoms with Crippen molar-refractivity contribution < 1.29 is 4.79 Å². The van der Waals surface area contributed by atoms with Crippen LogP contribution in [0.3, 0.4) is 0 Å². The zero-order chi connectivity index (χ0) is 11.3. The van der Waals surface area contributed by atoms with E-state index in [0.29, 0.717) is 4.32 Å². The van der Waals surface area contributed by atoms with Gasteiger partial charge in [0.15, 0.2) is 0 Å². The molecule has 15 heavy (non-hydrogen) atoms. The van der Waals surface area contributed by atoms with Gasteiger partial charge in [0, 0.05) is 0 Å². The number of thiocarbonyl (C=S) groups is 1. The maximum Gasteiger partial charge on any atom is 0.263 e. The number of carbonyl (C=O) groups is 1. The van der Waals surface area contributed by atoms with Gasteiger partial charge >= 0.3 is 0 Å². The average Bonchev–Trinajstić information content (AvgIpc) is 2.52. The van der Waals surface area contributed by atoms with Gasteiger partial charge in [-0.2, -0.15) is 0 Å². The van der Waals surface area contributed by atoms with Crippen LogP contribution < -0.4 is 5.32 Å². The molecule has 84 valence electrons. The third kappa shape index (κ3) is 3.95. The van der Waals surface area contributed by atoms with Crippen LogP contribution in [0.5, 0.6) is 0 Å². The van der Waals surface area contributed by atoms with Crippen molar-refractivity contribution in [2.45, 2.75) is 46.0 Å². The van der Waals surface area contributed by atoms with Crippen LogP contribution in [0.1, 0.15) is 46.0 Å². The van der Waals surface area contributed by atoms with E-state index in [1.165, 1.54) is 43.0 Å². The van der Waals surface area contributed by atoms with Gasteiger partial charge in [0.25, 0.3) is 5.91 Å². The van der Waals surface area contributed by atoms with Crippen LogP contribution in [0.15, 0.2) is 10.5 Å². The highest BCUT2D eigenvalue weighted by molar-refractivity contribution is 8.26. The van der Waals surface area contributed by atoms with E-state index in [2.05, 4.69) is 12.2 Å². The number of allylic oxidation sites excluding steroid dienone is 1. The first-order valence-corrected chi connectivity index (χ1v) is 6.60. The second-order valence-corrected chi connectivity index (χ2v) is 5.45. The van der Waals surface area contributed by atoms with Gasteiger partial charge in [-0.1, -0.05) is 55.7 Å². The highest BCUT2D eigenvalue weighted by atomic mass is 32.2. The number of unbranched alkanes of at least 4 members (excludes halogenated alkanes) is 3. The quantitative estimate of drug-likeness (QED) is 0.456. The molecule has 1 heterocycles. The molecule has 1 aliphatic heterocycles. The number of nitrogens with one attached hydrogen (secondary N) is 1. The highest BCUT2D eigenvalue weighted by Crippen LogP contribution is 2.28. The van der Waals surface area contributed by atoms with E-state index in [-0.39, 0.29) is 5.91 Å².